The van der Waals surface area contributed by atoms with Crippen molar-refractivity contribution in [3.8, 4) is 0 Å². The van der Waals surface area contributed by atoms with Crippen LogP contribution >= 0.6 is 0 Å². The number of hydrogen-bond donors (Lipinski definition) is 2. The number of fused-ring (bicyclic) bond motifs is 1. The Bertz CT molecular complexity index is 828. The number of benzene rings is 1. The molecule has 1 heterocycles. The van der Waals surface area contributed by atoms with Crippen molar-refractivity contribution in [2.45, 2.75) is 62.6 Å². The molecule has 5 nitrogen and oxygen atoms in total. The molecule has 2 aromatic rings. The zero-order chi connectivity index (χ0) is 17.2. The molecule has 1 amide bonds. The molecule has 6 rings (SSSR count). The Kier molecular flexibility index (Phi) is 3.12. The largest absolute Gasteiger partial charge is 0.390 e. The molecule has 4 fully saturated rings. The molecule has 132 valence electrons. The first-order valence-electron chi connectivity index (χ1n) is 9.41. The van der Waals surface area contributed by atoms with Crippen LogP contribution in [0, 0.1) is 11.8 Å². The van der Waals surface area contributed by atoms with Crippen LogP contribution in [0.15, 0.2) is 30.6 Å². The minimum absolute atomic E-state index is 0.0358. The summed E-state index contributed by atoms with van der Waals surface area (Å²) in [5, 5.41) is 14.2. The standard InChI is InChI=1S/C20H25N3O2/c1-13(23-12-21-16-4-2-3-5-17(16)23)18(24)22-19-7-14-6-15(8-19)10-20(25,9-14)11-19/h2-5,12-15,25H,6-11H2,1H3,(H,22,24). The number of nitrogens with one attached hydrogen (secondary N) is 1. The van der Waals surface area contributed by atoms with Crippen molar-refractivity contribution in [2.75, 3.05) is 0 Å². The highest BCUT2D eigenvalue weighted by molar-refractivity contribution is 5.84. The van der Waals surface area contributed by atoms with Crippen molar-refractivity contribution >= 4 is 16.9 Å². The van der Waals surface area contributed by atoms with Gasteiger partial charge >= 0.3 is 0 Å². The lowest BCUT2D eigenvalue weighted by Crippen LogP contribution is -2.65. The highest BCUT2D eigenvalue weighted by Crippen LogP contribution is 2.57. The molecular formula is C20H25N3O2. The van der Waals surface area contributed by atoms with E-state index in [2.05, 4.69) is 10.3 Å². The van der Waals surface area contributed by atoms with E-state index in [-0.39, 0.29) is 17.5 Å². The number of aromatic nitrogens is 2. The Morgan fingerprint density at radius 2 is 2.00 bits per heavy atom. The predicted molar refractivity (Wildman–Crippen MR) is 94.9 cm³/mol. The quantitative estimate of drug-likeness (QED) is 0.903. The topological polar surface area (TPSA) is 67.2 Å². The summed E-state index contributed by atoms with van der Waals surface area (Å²) >= 11 is 0. The van der Waals surface area contributed by atoms with Crippen molar-refractivity contribution in [2.24, 2.45) is 11.8 Å². The number of hydrogen-bond acceptors (Lipinski definition) is 3. The highest BCUT2D eigenvalue weighted by Gasteiger charge is 2.57. The predicted octanol–water partition coefficient (Wildman–Crippen LogP) is 2.80. The minimum Gasteiger partial charge on any atom is -0.390 e. The average molecular weight is 339 g/mol. The lowest BCUT2D eigenvalue weighted by atomic mass is 9.51. The van der Waals surface area contributed by atoms with Crippen molar-refractivity contribution < 1.29 is 9.90 Å². The van der Waals surface area contributed by atoms with Gasteiger partial charge in [-0.2, -0.15) is 0 Å². The first-order chi connectivity index (χ1) is 12.0. The Labute approximate surface area is 147 Å². The van der Waals surface area contributed by atoms with Crippen LogP contribution in [-0.2, 0) is 4.79 Å². The average Bonchev–Trinajstić information content (AvgIpc) is 2.95. The van der Waals surface area contributed by atoms with Crippen molar-refractivity contribution in [1.29, 1.82) is 0 Å². The number of para-hydroxylation sites is 2. The SMILES string of the molecule is CC(C(=O)NC12CC3CC(CC(O)(C3)C1)C2)n1cnc2ccccc21. The normalized spacial score (nSPS) is 37.4. The lowest BCUT2D eigenvalue weighted by molar-refractivity contribution is -0.152. The molecule has 4 bridgehead atoms. The van der Waals surface area contributed by atoms with E-state index in [1.54, 1.807) is 6.33 Å². The number of aliphatic hydroxyl groups is 1. The third-order valence-corrected chi connectivity index (χ3v) is 6.70. The van der Waals surface area contributed by atoms with Crippen LogP contribution in [0.4, 0.5) is 0 Å². The summed E-state index contributed by atoms with van der Waals surface area (Å²) in [6, 6.07) is 7.58. The molecule has 4 saturated carbocycles. The van der Waals surface area contributed by atoms with Gasteiger partial charge in [-0.3, -0.25) is 4.79 Å². The van der Waals surface area contributed by atoms with Crippen LogP contribution in [-0.4, -0.2) is 31.7 Å². The van der Waals surface area contributed by atoms with Gasteiger partial charge in [-0.05, 0) is 69.4 Å². The fourth-order valence-corrected chi connectivity index (χ4v) is 6.14. The first-order valence-corrected chi connectivity index (χ1v) is 9.41. The zero-order valence-corrected chi connectivity index (χ0v) is 14.6. The van der Waals surface area contributed by atoms with Gasteiger partial charge < -0.3 is 15.0 Å². The Morgan fingerprint density at radius 1 is 1.28 bits per heavy atom. The van der Waals surface area contributed by atoms with Crippen molar-refractivity contribution in [3.63, 3.8) is 0 Å². The van der Waals surface area contributed by atoms with E-state index in [0.717, 1.165) is 43.1 Å². The summed E-state index contributed by atoms with van der Waals surface area (Å²) in [6.45, 7) is 1.93. The van der Waals surface area contributed by atoms with Crippen molar-refractivity contribution in [1.82, 2.24) is 14.9 Å². The first kappa shape index (κ1) is 15.4. The van der Waals surface area contributed by atoms with Crippen LogP contribution < -0.4 is 5.32 Å². The van der Waals surface area contributed by atoms with Gasteiger partial charge in [0.2, 0.25) is 5.91 Å². The number of imidazole rings is 1. The summed E-state index contributed by atoms with van der Waals surface area (Å²) in [6.07, 6.45) is 7.58. The zero-order valence-electron chi connectivity index (χ0n) is 14.6. The number of amides is 1. The summed E-state index contributed by atoms with van der Waals surface area (Å²) in [5.41, 5.74) is 1.13. The van der Waals surface area contributed by atoms with E-state index < -0.39 is 5.60 Å². The van der Waals surface area contributed by atoms with Gasteiger partial charge in [-0.15, -0.1) is 0 Å². The van der Waals surface area contributed by atoms with Gasteiger partial charge in [0.15, 0.2) is 0 Å². The molecule has 0 spiro atoms. The minimum atomic E-state index is -0.553. The number of rotatable bonds is 3. The molecule has 3 unspecified atom stereocenters. The maximum Gasteiger partial charge on any atom is 0.243 e. The van der Waals surface area contributed by atoms with Gasteiger partial charge in [-0.1, -0.05) is 12.1 Å². The van der Waals surface area contributed by atoms with Crippen molar-refractivity contribution in [3.05, 3.63) is 30.6 Å². The third-order valence-electron chi connectivity index (χ3n) is 6.70. The van der Waals surface area contributed by atoms with Crippen LogP contribution in [0.25, 0.3) is 11.0 Å². The summed E-state index contributed by atoms with van der Waals surface area (Å²) < 4.78 is 1.94. The van der Waals surface area contributed by atoms with E-state index in [4.69, 9.17) is 0 Å². The van der Waals surface area contributed by atoms with Gasteiger partial charge in [0.05, 0.1) is 23.0 Å². The molecule has 2 N–H and O–H groups in total. The summed E-state index contributed by atoms with van der Waals surface area (Å²) in [7, 11) is 0. The van der Waals surface area contributed by atoms with Gasteiger partial charge in [0, 0.05) is 5.54 Å². The maximum absolute atomic E-state index is 13.0. The highest BCUT2D eigenvalue weighted by atomic mass is 16.3. The monoisotopic (exact) mass is 339 g/mol. The molecular weight excluding hydrogens is 314 g/mol. The van der Waals surface area contributed by atoms with E-state index >= 15 is 0 Å². The molecule has 0 radical (unpaired) electrons. The van der Waals surface area contributed by atoms with Gasteiger partial charge in [0.1, 0.15) is 6.04 Å². The Balaban J connectivity index is 1.40. The van der Waals surface area contributed by atoms with E-state index in [0.29, 0.717) is 11.8 Å². The maximum atomic E-state index is 13.0. The van der Waals surface area contributed by atoms with E-state index in [9.17, 15) is 9.90 Å². The number of nitrogens with zero attached hydrogens (tertiary/aromatic N) is 2. The molecule has 0 aliphatic heterocycles. The molecule has 25 heavy (non-hydrogen) atoms. The van der Waals surface area contributed by atoms with Gasteiger partial charge in [-0.25, -0.2) is 4.98 Å². The second kappa shape index (κ2) is 5.07. The number of carbonyl (C=O) groups excluding carboxylic acids is 1. The van der Waals surface area contributed by atoms with Crippen LogP contribution in [0.1, 0.15) is 51.5 Å². The summed E-state index contributed by atoms with van der Waals surface area (Å²) in [5.74, 6) is 1.17. The smallest absolute Gasteiger partial charge is 0.243 e. The van der Waals surface area contributed by atoms with Crippen LogP contribution in [0.3, 0.4) is 0 Å². The molecule has 1 aromatic heterocycles. The van der Waals surface area contributed by atoms with Crippen LogP contribution in [0.5, 0.6) is 0 Å². The lowest BCUT2D eigenvalue weighted by Gasteiger charge is -2.60. The second-order valence-corrected chi connectivity index (χ2v) is 8.77. The van der Waals surface area contributed by atoms with E-state index in [1.165, 1.54) is 6.42 Å². The van der Waals surface area contributed by atoms with Crippen LogP contribution in [0.2, 0.25) is 0 Å². The fraction of sp³-hybridized carbons (Fsp3) is 0.600. The Hall–Kier alpha value is -1.88. The fourth-order valence-electron chi connectivity index (χ4n) is 6.14. The third kappa shape index (κ3) is 2.40. The number of carbonyl (C=O) groups is 1. The molecule has 0 saturated heterocycles. The molecule has 4 aliphatic rings. The molecule has 5 heteroatoms. The molecule has 1 aromatic carbocycles. The Morgan fingerprint density at radius 3 is 2.72 bits per heavy atom. The molecule has 4 aliphatic carbocycles. The van der Waals surface area contributed by atoms with E-state index in [1.807, 2.05) is 35.8 Å². The second-order valence-electron chi connectivity index (χ2n) is 8.77. The molecule has 3 atom stereocenters. The van der Waals surface area contributed by atoms with Gasteiger partial charge in [0.25, 0.3) is 0 Å². The summed E-state index contributed by atoms with van der Waals surface area (Å²) in [4.78, 5) is 17.4.